The first-order valence-corrected chi connectivity index (χ1v) is 14.2. The molecule has 0 saturated carbocycles. The molecule has 0 heterocycles. The van der Waals surface area contributed by atoms with Gasteiger partial charge in [-0.25, -0.2) is 19.2 Å². The second-order valence-corrected chi connectivity index (χ2v) is 9.66. The first kappa shape index (κ1) is 33.7. The number of esters is 3. The Balaban J connectivity index is 2.40. The third-order valence-corrected chi connectivity index (χ3v) is 6.26. The number of carbonyl (C=O) groups excluding carboxylic acids is 3. The molecule has 0 amide bonds. The average molecular weight is 577 g/mol. The molecule has 0 fully saturated rings. The zero-order valence-electron chi connectivity index (χ0n) is 24.1. The quantitative estimate of drug-likeness (QED) is 0.0742. The molecule has 0 unspecified atom stereocenters. The fourth-order valence-corrected chi connectivity index (χ4v) is 3.98. The van der Waals surface area contributed by atoms with Crippen LogP contribution >= 0.6 is 0 Å². The Morgan fingerprint density at radius 2 is 0.833 bits per heavy atom. The summed E-state index contributed by atoms with van der Waals surface area (Å²) in [5, 5.41) is 9.72. The van der Waals surface area contributed by atoms with Crippen molar-refractivity contribution in [1.29, 1.82) is 0 Å². The third kappa shape index (κ3) is 11.6. The molecular weight excluding hydrogens is 536 g/mol. The highest BCUT2D eigenvalue weighted by atomic mass is 16.5. The van der Waals surface area contributed by atoms with Crippen LogP contribution in [-0.4, -0.2) is 48.8 Å². The van der Waals surface area contributed by atoms with Gasteiger partial charge in [-0.15, -0.1) is 19.7 Å². The molecule has 0 aliphatic rings. The zero-order chi connectivity index (χ0) is 30.7. The van der Waals surface area contributed by atoms with Gasteiger partial charge < -0.3 is 19.3 Å². The van der Waals surface area contributed by atoms with Gasteiger partial charge in [0, 0.05) is 0 Å². The molecular formula is C34H40O8. The maximum absolute atomic E-state index is 12.9. The molecule has 0 aromatic heterocycles. The van der Waals surface area contributed by atoms with Crippen molar-refractivity contribution >= 4 is 23.9 Å². The van der Waals surface area contributed by atoms with Gasteiger partial charge in [0.15, 0.2) is 0 Å². The monoisotopic (exact) mass is 576 g/mol. The first-order valence-electron chi connectivity index (χ1n) is 14.2. The first-order chi connectivity index (χ1) is 20.3. The van der Waals surface area contributed by atoms with Gasteiger partial charge in [0.05, 0.1) is 42.1 Å². The lowest BCUT2D eigenvalue weighted by Gasteiger charge is -2.12. The second-order valence-electron chi connectivity index (χ2n) is 9.66. The minimum atomic E-state index is -1.24. The molecule has 0 bridgehead atoms. The summed E-state index contributed by atoms with van der Waals surface area (Å²) in [6.07, 6.45) is 12.1. The van der Waals surface area contributed by atoms with Crippen LogP contribution in [0.2, 0.25) is 0 Å². The Kier molecular flexibility index (Phi) is 15.1. The number of allylic oxidation sites excluding steroid dienone is 3. The summed E-state index contributed by atoms with van der Waals surface area (Å²) in [5.41, 5.74) is 0.749. The summed E-state index contributed by atoms with van der Waals surface area (Å²) < 4.78 is 16.2. The predicted molar refractivity (Wildman–Crippen MR) is 162 cm³/mol. The third-order valence-electron chi connectivity index (χ3n) is 6.26. The Hall–Kier alpha value is -4.46. The van der Waals surface area contributed by atoms with Crippen molar-refractivity contribution in [2.45, 2.75) is 57.8 Å². The van der Waals surface area contributed by atoms with Gasteiger partial charge in [0.1, 0.15) is 0 Å². The molecule has 0 aliphatic heterocycles. The molecule has 2 aromatic carbocycles. The maximum Gasteiger partial charge on any atom is 0.338 e. The van der Waals surface area contributed by atoms with Crippen molar-refractivity contribution in [3.63, 3.8) is 0 Å². The van der Waals surface area contributed by atoms with E-state index in [1.165, 1.54) is 36.4 Å². The standard InChI is InChI=1S/C34H40O8/c1-4-7-10-13-16-40-32(37)28-20-25(19-27(23-28)31(35)36)26-21-29(33(38)41-17-14-11-8-5-2)24-30(22-26)34(39)42-18-15-12-9-6-3/h4-6,19-24H,1-3,7-18H2,(H,35,36). The number of carboxylic acids is 1. The highest BCUT2D eigenvalue weighted by Crippen LogP contribution is 2.27. The van der Waals surface area contributed by atoms with Crippen LogP contribution in [0.15, 0.2) is 74.4 Å². The molecule has 224 valence electrons. The van der Waals surface area contributed by atoms with E-state index in [4.69, 9.17) is 14.2 Å². The van der Waals surface area contributed by atoms with Crippen LogP contribution in [0.3, 0.4) is 0 Å². The Morgan fingerprint density at radius 3 is 1.14 bits per heavy atom. The van der Waals surface area contributed by atoms with E-state index in [0.717, 1.165) is 38.5 Å². The topological polar surface area (TPSA) is 116 Å². The molecule has 8 nitrogen and oxygen atoms in total. The van der Waals surface area contributed by atoms with E-state index in [9.17, 15) is 24.3 Å². The van der Waals surface area contributed by atoms with E-state index in [1.807, 2.05) is 0 Å². The van der Waals surface area contributed by atoms with Gasteiger partial charge in [0.25, 0.3) is 0 Å². The summed E-state index contributed by atoms with van der Waals surface area (Å²) in [5.74, 6) is -3.19. The van der Waals surface area contributed by atoms with Crippen molar-refractivity contribution in [3.8, 4) is 11.1 Å². The van der Waals surface area contributed by atoms with Gasteiger partial charge in [0.2, 0.25) is 0 Å². The summed E-state index contributed by atoms with van der Waals surface area (Å²) in [6, 6.07) is 8.46. The summed E-state index contributed by atoms with van der Waals surface area (Å²) >= 11 is 0. The SMILES string of the molecule is C=CCCCCOC(=O)c1cc(C(=O)O)cc(-c2cc(C(=O)OCCCCC=C)cc(C(=O)OCCCCC=C)c2)c1. The van der Waals surface area contributed by atoms with E-state index in [2.05, 4.69) is 19.7 Å². The number of carbonyl (C=O) groups is 4. The lowest BCUT2D eigenvalue weighted by Crippen LogP contribution is -2.11. The lowest BCUT2D eigenvalue weighted by atomic mass is 9.96. The number of ether oxygens (including phenoxy) is 3. The van der Waals surface area contributed by atoms with E-state index in [-0.39, 0.29) is 42.1 Å². The fourth-order valence-electron chi connectivity index (χ4n) is 3.98. The normalized spacial score (nSPS) is 10.4. The lowest BCUT2D eigenvalue weighted by molar-refractivity contribution is 0.0484. The minimum Gasteiger partial charge on any atom is -0.478 e. The van der Waals surface area contributed by atoms with Crippen LogP contribution in [0.25, 0.3) is 11.1 Å². The van der Waals surface area contributed by atoms with Gasteiger partial charge in [-0.05, 0) is 105 Å². The molecule has 0 spiro atoms. The van der Waals surface area contributed by atoms with Crippen LogP contribution in [-0.2, 0) is 14.2 Å². The number of benzene rings is 2. The number of hydrogen-bond acceptors (Lipinski definition) is 7. The van der Waals surface area contributed by atoms with Crippen molar-refractivity contribution in [3.05, 3.63) is 96.6 Å². The highest BCUT2D eigenvalue weighted by Gasteiger charge is 2.19. The molecule has 1 N–H and O–H groups in total. The number of hydrogen-bond donors (Lipinski definition) is 1. The minimum absolute atomic E-state index is 0.0372. The van der Waals surface area contributed by atoms with Gasteiger partial charge in [-0.3, -0.25) is 0 Å². The summed E-state index contributed by atoms with van der Waals surface area (Å²) in [7, 11) is 0. The van der Waals surface area contributed by atoms with Crippen LogP contribution in [0.4, 0.5) is 0 Å². The van der Waals surface area contributed by atoms with Gasteiger partial charge in [-0.1, -0.05) is 18.2 Å². The number of rotatable bonds is 20. The van der Waals surface area contributed by atoms with E-state index in [1.54, 1.807) is 18.2 Å². The number of carboxylic acid groups (broad SMARTS) is 1. The van der Waals surface area contributed by atoms with Crippen LogP contribution in [0.1, 0.15) is 99.2 Å². The molecule has 0 atom stereocenters. The van der Waals surface area contributed by atoms with Crippen molar-refractivity contribution < 1.29 is 38.5 Å². The Morgan fingerprint density at radius 1 is 0.524 bits per heavy atom. The Bertz CT molecular complexity index is 1210. The van der Waals surface area contributed by atoms with Crippen LogP contribution in [0, 0.1) is 0 Å². The van der Waals surface area contributed by atoms with E-state index in [0.29, 0.717) is 30.4 Å². The largest absolute Gasteiger partial charge is 0.478 e. The molecule has 8 heteroatoms. The summed E-state index contributed by atoms with van der Waals surface area (Å²) in [6.45, 7) is 11.6. The number of aromatic carboxylic acids is 1. The predicted octanol–water partition coefficient (Wildman–Crippen LogP) is 7.59. The molecule has 2 rings (SSSR count). The van der Waals surface area contributed by atoms with Crippen molar-refractivity contribution in [2.24, 2.45) is 0 Å². The fraction of sp³-hybridized carbons (Fsp3) is 0.353. The van der Waals surface area contributed by atoms with Crippen molar-refractivity contribution in [2.75, 3.05) is 19.8 Å². The average Bonchev–Trinajstić information content (AvgIpc) is 2.99. The summed E-state index contributed by atoms with van der Waals surface area (Å²) in [4.78, 5) is 50.5. The molecule has 42 heavy (non-hydrogen) atoms. The maximum atomic E-state index is 12.9. The van der Waals surface area contributed by atoms with Crippen LogP contribution in [0.5, 0.6) is 0 Å². The second kappa shape index (κ2) is 18.8. The van der Waals surface area contributed by atoms with Crippen molar-refractivity contribution in [1.82, 2.24) is 0 Å². The smallest absolute Gasteiger partial charge is 0.338 e. The highest BCUT2D eigenvalue weighted by molar-refractivity contribution is 6.00. The van der Waals surface area contributed by atoms with E-state index < -0.39 is 23.9 Å². The molecule has 0 radical (unpaired) electrons. The molecule has 0 saturated heterocycles. The number of unbranched alkanes of at least 4 members (excludes halogenated alkanes) is 6. The zero-order valence-corrected chi connectivity index (χ0v) is 24.1. The van der Waals surface area contributed by atoms with Crippen LogP contribution < -0.4 is 0 Å². The van der Waals surface area contributed by atoms with Gasteiger partial charge in [-0.2, -0.15) is 0 Å². The van der Waals surface area contributed by atoms with E-state index >= 15 is 0 Å². The molecule has 0 aliphatic carbocycles. The van der Waals surface area contributed by atoms with Gasteiger partial charge >= 0.3 is 23.9 Å². The molecule has 2 aromatic rings. The Labute approximate surface area is 247 Å².